The SMILES string of the molecule is c1ccc(N(c2cccc(-c3cccc4c3oc3ccccc34)c2)c2ccc(-c3cccc(-n4c5ccccc5c5ccccc54)c3)c3oc4ccccc4c23)cc1. The fraction of sp³-hybridized carbons (Fsp3) is 0. The van der Waals surface area contributed by atoms with Crippen molar-refractivity contribution in [2.45, 2.75) is 0 Å². The minimum Gasteiger partial charge on any atom is -0.455 e. The van der Waals surface area contributed by atoms with E-state index >= 15 is 0 Å². The standard InChI is InChI=1S/C54H34N2O2/c1-2-17-37(18-3-1)55(38-19-12-15-35(33-38)40-25-14-26-45-44-23-6-10-29-50(44)57-53(40)45)49-32-31-41(54-52(49)46-24-7-11-30-51(46)58-54)36-16-13-20-39(34-36)56-47-27-8-4-21-42(47)43-22-5-9-28-48(43)56/h1-34H. The van der Waals surface area contributed by atoms with Crippen molar-refractivity contribution in [3.05, 3.63) is 206 Å². The second kappa shape index (κ2) is 12.9. The van der Waals surface area contributed by atoms with Crippen LogP contribution in [0.2, 0.25) is 0 Å². The number of hydrogen-bond acceptors (Lipinski definition) is 3. The van der Waals surface area contributed by atoms with E-state index < -0.39 is 0 Å². The molecule has 0 N–H and O–H groups in total. The van der Waals surface area contributed by atoms with Crippen LogP contribution in [0.3, 0.4) is 0 Å². The molecule has 0 unspecified atom stereocenters. The number of para-hydroxylation sites is 6. The number of rotatable bonds is 6. The molecule has 0 amide bonds. The molecule has 0 aliphatic rings. The Bertz CT molecular complexity index is 3480. The highest BCUT2D eigenvalue weighted by atomic mass is 16.3. The second-order valence-electron chi connectivity index (χ2n) is 14.9. The van der Waals surface area contributed by atoms with Crippen molar-refractivity contribution in [3.63, 3.8) is 0 Å². The predicted octanol–water partition coefficient (Wildman–Crippen LogP) is 15.4. The molecular formula is C54H34N2O2. The molecule has 0 radical (unpaired) electrons. The van der Waals surface area contributed by atoms with E-state index in [9.17, 15) is 0 Å². The number of nitrogens with zero attached hydrogens (tertiary/aromatic N) is 2. The van der Waals surface area contributed by atoms with Gasteiger partial charge in [-0.2, -0.15) is 0 Å². The zero-order valence-corrected chi connectivity index (χ0v) is 31.3. The van der Waals surface area contributed by atoms with Crippen LogP contribution in [0.15, 0.2) is 215 Å². The van der Waals surface area contributed by atoms with Crippen molar-refractivity contribution >= 4 is 82.7 Å². The number of benzene rings is 9. The molecule has 58 heavy (non-hydrogen) atoms. The first-order valence-corrected chi connectivity index (χ1v) is 19.7. The lowest BCUT2D eigenvalue weighted by molar-refractivity contribution is 0.669. The first kappa shape index (κ1) is 32.4. The third-order valence-electron chi connectivity index (χ3n) is 11.6. The van der Waals surface area contributed by atoms with Gasteiger partial charge >= 0.3 is 0 Å². The predicted molar refractivity (Wildman–Crippen MR) is 241 cm³/mol. The maximum atomic E-state index is 6.90. The fourth-order valence-corrected chi connectivity index (χ4v) is 9.03. The molecule has 0 fully saturated rings. The molecule has 0 aliphatic heterocycles. The van der Waals surface area contributed by atoms with Gasteiger partial charge in [0.05, 0.1) is 22.1 Å². The van der Waals surface area contributed by atoms with E-state index in [4.69, 9.17) is 8.83 Å². The maximum absolute atomic E-state index is 6.90. The molecule has 0 saturated carbocycles. The summed E-state index contributed by atoms with van der Waals surface area (Å²) >= 11 is 0. The second-order valence-corrected chi connectivity index (χ2v) is 14.9. The average Bonchev–Trinajstić information content (AvgIpc) is 3.97. The van der Waals surface area contributed by atoms with E-state index in [2.05, 4.69) is 198 Å². The fourth-order valence-electron chi connectivity index (χ4n) is 9.03. The average molecular weight is 743 g/mol. The lowest BCUT2D eigenvalue weighted by Gasteiger charge is -2.27. The topological polar surface area (TPSA) is 34.5 Å². The van der Waals surface area contributed by atoms with E-state index in [1.807, 2.05) is 18.2 Å². The van der Waals surface area contributed by atoms with Gasteiger partial charge in [-0.05, 0) is 83.9 Å². The zero-order valence-electron chi connectivity index (χ0n) is 31.3. The van der Waals surface area contributed by atoms with E-state index in [0.29, 0.717) is 0 Å². The first-order valence-electron chi connectivity index (χ1n) is 19.7. The van der Waals surface area contributed by atoms with Gasteiger partial charge in [0.25, 0.3) is 0 Å². The lowest BCUT2D eigenvalue weighted by atomic mass is 9.98. The zero-order chi connectivity index (χ0) is 38.2. The molecule has 9 aromatic carbocycles. The quantitative estimate of drug-likeness (QED) is 0.170. The Morgan fingerprint density at radius 2 is 0.914 bits per heavy atom. The maximum Gasteiger partial charge on any atom is 0.145 e. The van der Waals surface area contributed by atoms with Crippen LogP contribution in [0.5, 0.6) is 0 Å². The highest BCUT2D eigenvalue weighted by molar-refractivity contribution is 6.17. The summed E-state index contributed by atoms with van der Waals surface area (Å²) in [5, 5.41) is 6.85. The van der Waals surface area contributed by atoms with Crippen molar-refractivity contribution in [1.29, 1.82) is 0 Å². The van der Waals surface area contributed by atoms with Crippen LogP contribution in [0.25, 0.3) is 93.6 Å². The summed E-state index contributed by atoms with van der Waals surface area (Å²) < 4.78 is 15.8. The number of fused-ring (bicyclic) bond motifs is 9. The molecule has 12 rings (SSSR count). The monoisotopic (exact) mass is 742 g/mol. The van der Waals surface area contributed by atoms with Crippen LogP contribution in [-0.4, -0.2) is 4.57 Å². The lowest BCUT2D eigenvalue weighted by Crippen LogP contribution is -2.10. The first-order chi connectivity index (χ1) is 28.8. The van der Waals surface area contributed by atoms with Gasteiger partial charge in [-0.3, -0.25) is 0 Å². The van der Waals surface area contributed by atoms with Gasteiger partial charge in [0.1, 0.15) is 22.3 Å². The molecule has 4 heteroatoms. The normalized spacial score (nSPS) is 11.8. The van der Waals surface area contributed by atoms with Gasteiger partial charge < -0.3 is 18.3 Å². The number of aromatic nitrogens is 1. The largest absolute Gasteiger partial charge is 0.455 e. The molecular weight excluding hydrogens is 709 g/mol. The van der Waals surface area contributed by atoms with Crippen LogP contribution < -0.4 is 4.90 Å². The molecule has 272 valence electrons. The Morgan fingerprint density at radius 3 is 1.69 bits per heavy atom. The van der Waals surface area contributed by atoms with E-state index in [-0.39, 0.29) is 0 Å². The Balaban J connectivity index is 1.06. The Labute approximate surface area is 334 Å². The van der Waals surface area contributed by atoms with Crippen molar-refractivity contribution in [3.8, 4) is 27.9 Å². The van der Waals surface area contributed by atoms with E-state index in [0.717, 1.165) is 88.9 Å². The molecule has 0 spiro atoms. The van der Waals surface area contributed by atoms with Crippen LogP contribution in [0, 0.1) is 0 Å². The molecule has 0 atom stereocenters. The summed E-state index contributed by atoms with van der Waals surface area (Å²) in [4.78, 5) is 2.35. The van der Waals surface area contributed by atoms with Crippen molar-refractivity contribution in [1.82, 2.24) is 4.57 Å². The van der Waals surface area contributed by atoms with Crippen LogP contribution >= 0.6 is 0 Å². The van der Waals surface area contributed by atoms with Crippen LogP contribution in [0.1, 0.15) is 0 Å². The number of hydrogen-bond donors (Lipinski definition) is 0. The summed E-state index contributed by atoms with van der Waals surface area (Å²) in [6.07, 6.45) is 0. The van der Waals surface area contributed by atoms with Gasteiger partial charge in [0.2, 0.25) is 0 Å². The van der Waals surface area contributed by atoms with Crippen LogP contribution in [-0.2, 0) is 0 Å². The van der Waals surface area contributed by atoms with E-state index in [1.54, 1.807) is 0 Å². The van der Waals surface area contributed by atoms with Crippen molar-refractivity contribution in [2.75, 3.05) is 4.90 Å². The smallest absolute Gasteiger partial charge is 0.145 e. The van der Waals surface area contributed by atoms with Gasteiger partial charge in [0.15, 0.2) is 0 Å². The summed E-state index contributed by atoms with van der Waals surface area (Å²) in [6, 6.07) is 73.0. The molecule has 0 bridgehead atoms. The van der Waals surface area contributed by atoms with Gasteiger partial charge in [-0.1, -0.05) is 133 Å². The highest BCUT2D eigenvalue weighted by Crippen LogP contribution is 2.47. The Hall–Kier alpha value is -7.82. The van der Waals surface area contributed by atoms with Crippen LogP contribution in [0.4, 0.5) is 17.1 Å². The minimum atomic E-state index is 0.849. The Kier molecular flexibility index (Phi) is 7.20. The third-order valence-corrected chi connectivity index (χ3v) is 11.6. The summed E-state index contributed by atoms with van der Waals surface area (Å²) in [5.74, 6) is 0. The molecule has 12 aromatic rings. The summed E-state index contributed by atoms with van der Waals surface area (Å²) in [5.41, 5.74) is 14.3. The third kappa shape index (κ3) is 4.95. The van der Waals surface area contributed by atoms with Gasteiger partial charge in [0, 0.05) is 55.1 Å². The number of furan rings is 2. The molecule has 0 saturated heterocycles. The number of anilines is 3. The summed E-state index contributed by atoms with van der Waals surface area (Å²) in [7, 11) is 0. The molecule has 3 aromatic heterocycles. The molecule has 4 nitrogen and oxygen atoms in total. The minimum absolute atomic E-state index is 0.849. The van der Waals surface area contributed by atoms with Gasteiger partial charge in [-0.25, -0.2) is 0 Å². The van der Waals surface area contributed by atoms with E-state index in [1.165, 1.54) is 21.8 Å². The van der Waals surface area contributed by atoms with Crippen molar-refractivity contribution in [2.24, 2.45) is 0 Å². The summed E-state index contributed by atoms with van der Waals surface area (Å²) in [6.45, 7) is 0. The Morgan fingerprint density at radius 1 is 0.362 bits per heavy atom. The van der Waals surface area contributed by atoms with Gasteiger partial charge in [-0.15, -0.1) is 0 Å². The highest BCUT2D eigenvalue weighted by Gasteiger charge is 2.23. The van der Waals surface area contributed by atoms with Crippen molar-refractivity contribution < 1.29 is 8.83 Å². The molecule has 0 aliphatic carbocycles. The molecule has 3 heterocycles.